The first kappa shape index (κ1) is 14.0. The van der Waals surface area contributed by atoms with Crippen LogP contribution in [-0.2, 0) is 6.54 Å². The Kier molecular flexibility index (Phi) is 6.65. The van der Waals surface area contributed by atoms with Gasteiger partial charge in [0, 0.05) is 24.8 Å². The summed E-state index contributed by atoms with van der Waals surface area (Å²) in [5.74, 6) is 1.09. The van der Waals surface area contributed by atoms with Crippen molar-refractivity contribution in [3.63, 3.8) is 0 Å². The molecule has 1 aromatic rings. The molecular weight excluding hydrogens is 234 g/mol. The lowest BCUT2D eigenvalue weighted by atomic mass is 10.2. The largest absolute Gasteiger partial charge is 0.352 e. The van der Waals surface area contributed by atoms with Gasteiger partial charge in [-0.05, 0) is 37.0 Å². The molecular formula is C12H19N3OS. The SMILES string of the molecule is CSCCCCNC(=O)c1ccnc(CN)c1. The molecule has 3 N–H and O–H groups in total. The third kappa shape index (κ3) is 5.19. The van der Waals surface area contributed by atoms with Crippen LogP contribution < -0.4 is 11.1 Å². The second kappa shape index (κ2) is 8.08. The van der Waals surface area contributed by atoms with Gasteiger partial charge in [0.1, 0.15) is 0 Å². The average Bonchev–Trinajstić information content (AvgIpc) is 2.38. The van der Waals surface area contributed by atoms with E-state index in [2.05, 4.69) is 16.6 Å². The highest BCUT2D eigenvalue weighted by molar-refractivity contribution is 7.98. The normalized spacial score (nSPS) is 10.2. The fraction of sp³-hybridized carbons (Fsp3) is 0.500. The van der Waals surface area contributed by atoms with Crippen molar-refractivity contribution in [2.45, 2.75) is 19.4 Å². The molecule has 0 spiro atoms. The van der Waals surface area contributed by atoms with Crippen LogP contribution in [0.3, 0.4) is 0 Å². The van der Waals surface area contributed by atoms with E-state index in [1.165, 1.54) is 0 Å². The average molecular weight is 253 g/mol. The molecule has 0 saturated heterocycles. The molecule has 1 amide bonds. The zero-order valence-corrected chi connectivity index (χ0v) is 10.9. The van der Waals surface area contributed by atoms with Crippen molar-refractivity contribution >= 4 is 17.7 Å². The Balaban J connectivity index is 2.36. The quantitative estimate of drug-likeness (QED) is 0.721. The zero-order valence-electron chi connectivity index (χ0n) is 10.1. The van der Waals surface area contributed by atoms with Crippen LogP contribution in [0, 0.1) is 0 Å². The highest BCUT2D eigenvalue weighted by Crippen LogP contribution is 2.02. The van der Waals surface area contributed by atoms with Gasteiger partial charge in [0.05, 0.1) is 5.69 Å². The first-order valence-corrected chi connectivity index (χ1v) is 7.09. The van der Waals surface area contributed by atoms with Gasteiger partial charge in [-0.25, -0.2) is 0 Å². The number of thioether (sulfide) groups is 1. The van der Waals surface area contributed by atoms with Gasteiger partial charge in [-0.15, -0.1) is 0 Å². The summed E-state index contributed by atoms with van der Waals surface area (Å²) in [5.41, 5.74) is 6.84. The van der Waals surface area contributed by atoms with Gasteiger partial charge in [-0.1, -0.05) is 0 Å². The Bertz CT molecular complexity index is 357. The Morgan fingerprint density at radius 3 is 3.06 bits per heavy atom. The van der Waals surface area contributed by atoms with E-state index < -0.39 is 0 Å². The smallest absolute Gasteiger partial charge is 0.251 e. The number of hydrogen-bond acceptors (Lipinski definition) is 4. The molecule has 0 aliphatic carbocycles. The van der Waals surface area contributed by atoms with Gasteiger partial charge >= 0.3 is 0 Å². The maximum Gasteiger partial charge on any atom is 0.251 e. The molecule has 17 heavy (non-hydrogen) atoms. The highest BCUT2D eigenvalue weighted by atomic mass is 32.2. The minimum atomic E-state index is -0.0498. The van der Waals surface area contributed by atoms with Crippen LogP contribution in [0.25, 0.3) is 0 Å². The van der Waals surface area contributed by atoms with Crippen molar-refractivity contribution < 1.29 is 4.79 Å². The first-order chi connectivity index (χ1) is 8.27. The lowest BCUT2D eigenvalue weighted by Crippen LogP contribution is -2.24. The van der Waals surface area contributed by atoms with E-state index in [0.29, 0.717) is 12.1 Å². The maximum absolute atomic E-state index is 11.8. The number of nitrogens with zero attached hydrogens (tertiary/aromatic N) is 1. The molecule has 0 atom stereocenters. The second-order valence-corrected chi connectivity index (χ2v) is 4.68. The summed E-state index contributed by atoms with van der Waals surface area (Å²) in [6, 6.07) is 3.44. The third-order valence-corrected chi connectivity index (χ3v) is 3.05. The summed E-state index contributed by atoms with van der Waals surface area (Å²) >= 11 is 1.83. The number of aromatic nitrogens is 1. The molecule has 0 saturated carbocycles. The molecule has 0 unspecified atom stereocenters. The summed E-state index contributed by atoms with van der Waals surface area (Å²) in [5, 5.41) is 2.89. The van der Waals surface area contributed by atoms with Crippen LogP contribution in [0.15, 0.2) is 18.3 Å². The maximum atomic E-state index is 11.8. The Labute approximate surface area is 106 Å². The Morgan fingerprint density at radius 2 is 2.35 bits per heavy atom. The number of nitrogens with two attached hydrogens (primary N) is 1. The molecule has 0 aromatic carbocycles. The predicted molar refractivity (Wildman–Crippen MR) is 72.1 cm³/mol. The van der Waals surface area contributed by atoms with Crippen molar-refractivity contribution in [2.24, 2.45) is 5.73 Å². The number of rotatable bonds is 7. The summed E-state index contributed by atoms with van der Waals surface area (Å²) in [7, 11) is 0. The monoisotopic (exact) mass is 253 g/mol. The molecule has 5 heteroatoms. The fourth-order valence-electron chi connectivity index (χ4n) is 1.41. The molecule has 1 heterocycles. The van der Waals surface area contributed by atoms with Crippen molar-refractivity contribution in [3.8, 4) is 0 Å². The van der Waals surface area contributed by atoms with Gasteiger partial charge in [-0.2, -0.15) is 11.8 Å². The van der Waals surface area contributed by atoms with Crippen molar-refractivity contribution in [1.82, 2.24) is 10.3 Å². The van der Waals surface area contributed by atoms with E-state index in [9.17, 15) is 4.79 Å². The van der Waals surface area contributed by atoms with Gasteiger partial charge in [-0.3, -0.25) is 9.78 Å². The minimum Gasteiger partial charge on any atom is -0.352 e. The Morgan fingerprint density at radius 1 is 1.53 bits per heavy atom. The van der Waals surface area contributed by atoms with E-state index in [1.807, 2.05) is 11.8 Å². The summed E-state index contributed by atoms with van der Waals surface area (Å²) < 4.78 is 0. The van der Waals surface area contributed by atoms with E-state index in [4.69, 9.17) is 5.73 Å². The molecule has 0 fully saturated rings. The highest BCUT2D eigenvalue weighted by Gasteiger charge is 2.05. The topological polar surface area (TPSA) is 68.0 Å². The number of unbranched alkanes of at least 4 members (excludes halogenated alkanes) is 1. The lowest BCUT2D eigenvalue weighted by Gasteiger charge is -2.05. The number of carbonyl (C=O) groups excluding carboxylic acids is 1. The van der Waals surface area contributed by atoms with Gasteiger partial charge < -0.3 is 11.1 Å². The lowest BCUT2D eigenvalue weighted by molar-refractivity contribution is 0.0953. The van der Waals surface area contributed by atoms with E-state index >= 15 is 0 Å². The molecule has 1 aromatic heterocycles. The Hall–Kier alpha value is -1.07. The van der Waals surface area contributed by atoms with Crippen molar-refractivity contribution in [1.29, 1.82) is 0 Å². The molecule has 0 radical (unpaired) electrons. The van der Waals surface area contributed by atoms with E-state index in [-0.39, 0.29) is 5.91 Å². The van der Waals surface area contributed by atoms with Crippen LogP contribution in [0.1, 0.15) is 28.9 Å². The van der Waals surface area contributed by atoms with Crippen LogP contribution in [0.4, 0.5) is 0 Å². The third-order valence-electron chi connectivity index (χ3n) is 2.35. The second-order valence-electron chi connectivity index (χ2n) is 3.70. The molecule has 1 rings (SSSR count). The van der Waals surface area contributed by atoms with Gasteiger partial charge in [0.25, 0.3) is 5.91 Å². The number of hydrogen-bond donors (Lipinski definition) is 2. The number of nitrogens with one attached hydrogen (secondary N) is 1. The van der Waals surface area contributed by atoms with Crippen LogP contribution in [0.5, 0.6) is 0 Å². The van der Waals surface area contributed by atoms with Crippen molar-refractivity contribution in [2.75, 3.05) is 18.6 Å². The number of carbonyl (C=O) groups is 1. The van der Waals surface area contributed by atoms with Gasteiger partial charge in [0.2, 0.25) is 0 Å². The number of pyridine rings is 1. The van der Waals surface area contributed by atoms with E-state index in [0.717, 1.165) is 30.8 Å². The molecule has 0 aliphatic rings. The predicted octanol–water partition coefficient (Wildman–Crippen LogP) is 1.41. The summed E-state index contributed by atoms with van der Waals surface area (Å²) in [4.78, 5) is 15.8. The fourth-order valence-corrected chi connectivity index (χ4v) is 1.90. The van der Waals surface area contributed by atoms with Crippen LogP contribution in [-0.4, -0.2) is 29.4 Å². The standard InChI is InChI=1S/C12H19N3OS/c1-17-7-3-2-5-15-12(16)10-4-6-14-11(8-10)9-13/h4,6,8H,2-3,5,7,9,13H2,1H3,(H,15,16). The first-order valence-electron chi connectivity index (χ1n) is 5.70. The van der Waals surface area contributed by atoms with Crippen molar-refractivity contribution in [3.05, 3.63) is 29.6 Å². The molecule has 0 aliphatic heterocycles. The van der Waals surface area contributed by atoms with Crippen LogP contribution >= 0.6 is 11.8 Å². The summed E-state index contributed by atoms with van der Waals surface area (Å²) in [6.45, 7) is 1.08. The van der Waals surface area contributed by atoms with Gasteiger partial charge in [0.15, 0.2) is 0 Å². The summed E-state index contributed by atoms with van der Waals surface area (Å²) in [6.07, 6.45) is 5.85. The van der Waals surface area contributed by atoms with E-state index in [1.54, 1.807) is 18.3 Å². The minimum absolute atomic E-state index is 0.0498. The number of amides is 1. The molecule has 0 bridgehead atoms. The van der Waals surface area contributed by atoms with Crippen LogP contribution in [0.2, 0.25) is 0 Å². The molecule has 94 valence electrons. The molecule has 4 nitrogen and oxygen atoms in total. The zero-order chi connectivity index (χ0) is 12.5.